The maximum Gasteiger partial charge on any atom is 0.328 e. The fraction of sp³-hybridized carbons (Fsp3) is 0.333. The highest BCUT2D eigenvalue weighted by Crippen LogP contribution is 2.24. The number of ether oxygens (including phenoxy) is 1. The molecule has 1 atom stereocenters. The number of nitro groups is 1. The summed E-state index contributed by atoms with van der Waals surface area (Å²) < 4.78 is 5.33. The lowest BCUT2D eigenvalue weighted by molar-refractivity contribution is -0.384. The van der Waals surface area contributed by atoms with Crippen LogP contribution in [0.1, 0.15) is 50.3 Å². The Morgan fingerprint density at radius 3 is 2.39 bits per heavy atom. The van der Waals surface area contributed by atoms with Gasteiger partial charge in [-0.2, -0.15) is 11.8 Å². The molecule has 12 heteroatoms. The van der Waals surface area contributed by atoms with Gasteiger partial charge >= 0.3 is 5.97 Å². The average molecular weight is 534 g/mol. The normalized spacial score (nSPS) is 13.3. The quantitative estimate of drug-likeness (QED) is 0.143. The summed E-state index contributed by atoms with van der Waals surface area (Å²) in [6.45, 7) is 0.251. The van der Waals surface area contributed by atoms with Gasteiger partial charge in [-0.3, -0.25) is 29.4 Å². The first-order valence-corrected chi connectivity index (χ1v) is 12.9. The Hall–Kier alpha value is -3.44. The van der Waals surface area contributed by atoms with E-state index < -0.39 is 22.8 Å². The van der Waals surface area contributed by atoms with Gasteiger partial charge in [-0.05, 0) is 49.5 Å². The van der Waals surface area contributed by atoms with E-state index in [0.717, 1.165) is 12.1 Å². The zero-order chi connectivity index (χ0) is 26.2. The number of esters is 1. The van der Waals surface area contributed by atoms with Crippen LogP contribution in [0.4, 0.5) is 5.69 Å². The number of hydrogen-bond donors (Lipinski definition) is 1. The summed E-state index contributed by atoms with van der Waals surface area (Å²) in [7, 11) is 0. The van der Waals surface area contributed by atoms with Gasteiger partial charge in [0.2, 0.25) is 0 Å². The summed E-state index contributed by atoms with van der Waals surface area (Å²) in [5.74, 6) is -1.37. The van der Waals surface area contributed by atoms with Crippen molar-refractivity contribution in [2.75, 3.05) is 25.2 Å². The number of unbranched alkanes of at least 4 members (excludes halogenated alkanes) is 1. The maximum atomic E-state index is 12.7. The van der Waals surface area contributed by atoms with E-state index in [-0.39, 0.29) is 41.2 Å². The van der Waals surface area contributed by atoms with Crippen molar-refractivity contribution in [3.05, 3.63) is 74.3 Å². The zero-order valence-electron chi connectivity index (χ0n) is 19.4. The molecule has 1 N–H and O–H groups in total. The van der Waals surface area contributed by atoms with Crippen molar-refractivity contribution in [1.29, 1.82) is 0 Å². The number of fused-ring (bicyclic) bond motifs is 1. The van der Waals surface area contributed by atoms with Crippen LogP contribution in [0.15, 0.2) is 42.5 Å². The molecular weight excluding hydrogens is 510 g/mol. The fourth-order valence-corrected chi connectivity index (χ4v) is 4.34. The minimum absolute atomic E-state index is 0.00478. The van der Waals surface area contributed by atoms with Gasteiger partial charge in [0.05, 0.1) is 33.2 Å². The van der Waals surface area contributed by atoms with E-state index in [1.54, 1.807) is 24.3 Å². The molecule has 0 saturated heterocycles. The van der Waals surface area contributed by atoms with Crippen molar-refractivity contribution < 1.29 is 28.8 Å². The molecule has 1 aliphatic heterocycles. The van der Waals surface area contributed by atoms with Crippen LogP contribution in [-0.2, 0) is 9.53 Å². The first-order valence-electron chi connectivity index (χ1n) is 11.1. The predicted molar refractivity (Wildman–Crippen MR) is 134 cm³/mol. The number of nitrogens with zero attached hydrogens (tertiary/aromatic N) is 2. The standard InChI is InChI=1S/C24H24ClN3O7S/c1-36-13-10-20(26-21(29)18-9-8-15(28(33)34)14-19(18)25)24(32)35-12-5-4-11-27-22(30)16-6-2-3-7-17(16)23(27)31/h2-3,6-9,14,20H,4-5,10-13H2,1H3,(H,26,29). The number of benzene rings is 2. The van der Waals surface area contributed by atoms with Crippen LogP contribution in [0.5, 0.6) is 0 Å². The van der Waals surface area contributed by atoms with E-state index in [1.807, 2.05) is 6.26 Å². The monoisotopic (exact) mass is 533 g/mol. The molecular formula is C24H24ClN3O7S. The molecule has 0 bridgehead atoms. The van der Waals surface area contributed by atoms with Gasteiger partial charge in [0.15, 0.2) is 0 Å². The van der Waals surface area contributed by atoms with Crippen LogP contribution >= 0.6 is 23.4 Å². The van der Waals surface area contributed by atoms with E-state index in [9.17, 15) is 29.3 Å². The Kier molecular flexibility index (Phi) is 9.43. The maximum absolute atomic E-state index is 12.7. The van der Waals surface area contributed by atoms with E-state index in [0.29, 0.717) is 36.1 Å². The summed E-state index contributed by atoms with van der Waals surface area (Å²) in [5.41, 5.74) is 0.519. The molecule has 1 heterocycles. The van der Waals surface area contributed by atoms with Crippen LogP contribution in [0.3, 0.4) is 0 Å². The third kappa shape index (κ3) is 6.41. The van der Waals surface area contributed by atoms with Crippen molar-refractivity contribution in [2.24, 2.45) is 0 Å². The molecule has 2 aromatic rings. The second-order valence-corrected chi connectivity index (χ2v) is 9.30. The number of nitrogens with one attached hydrogen (secondary N) is 1. The number of carbonyl (C=O) groups is 4. The van der Waals surface area contributed by atoms with Crippen molar-refractivity contribution >= 4 is 52.7 Å². The third-order valence-electron chi connectivity index (χ3n) is 5.51. The molecule has 0 aromatic heterocycles. The molecule has 0 fully saturated rings. The second kappa shape index (κ2) is 12.5. The predicted octanol–water partition coefficient (Wildman–Crippen LogP) is 3.72. The number of amides is 3. The number of imide groups is 1. The van der Waals surface area contributed by atoms with Crippen molar-refractivity contribution in [2.45, 2.75) is 25.3 Å². The van der Waals surface area contributed by atoms with Crippen LogP contribution in [-0.4, -0.2) is 64.7 Å². The number of non-ortho nitro benzene ring substituents is 1. The Labute approximate surface area is 216 Å². The van der Waals surface area contributed by atoms with Crippen molar-refractivity contribution in [1.82, 2.24) is 10.2 Å². The first kappa shape index (κ1) is 27.2. The van der Waals surface area contributed by atoms with Gasteiger partial charge in [0.25, 0.3) is 23.4 Å². The SMILES string of the molecule is CSCCC(NC(=O)c1ccc([N+](=O)[O-])cc1Cl)C(=O)OCCCCN1C(=O)c2ccccc2C1=O. The van der Waals surface area contributed by atoms with Gasteiger partial charge in [-0.15, -0.1) is 0 Å². The number of halogens is 1. The molecule has 0 spiro atoms. The van der Waals surface area contributed by atoms with E-state index in [1.165, 1.54) is 22.7 Å². The lowest BCUT2D eigenvalue weighted by atomic mass is 10.1. The molecule has 3 rings (SSSR count). The summed E-state index contributed by atoms with van der Waals surface area (Å²) in [6, 6.07) is 9.15. The molecule has 0 radical (unpaired) electrons. The molecule has 0 aliphatic carbocycles. The van der Waals surface area contributed by atoms with E-state index >= 15 is 0 Å². The molecule has 10 nitrogen and oxygen atoms in total. The van der Waals surface area contributed by atoms with Crippen LogP contribution in [0.25, 0.3) is 0 Å². The zero-order valence-corrected chi connectivity index (χ0v) is 21.0. The number of hydrogen-bond acceptors (Lipinski definition) is 8. The lowest BCUT2D eigenvalue weighted by Crippen LogP contribution is -2.42. The Balaban J connectivity index is 1.50. The Morgan fingerprint density at radius 1 is 1.14 bits per heavy atom. The lowest BCUT2D eigenvalue weighted by Gasteiger charge is -2.18. The summed E-state index contributed by atoms with van der Waals surface area (Å²) >= 11 is 7.51. The Bertz CT molecular complexity index is 1160. The topological polar surface area (TPSA) is 136 Å². The smallest absolute Gasteiger partial charge is 0.328 e. The minimum atomic E-state index is -0.938. The highest BCUT2D eigenvalue weighted by molar-refractivity contribution is 7.98. The summed E-state index contributed by atoms with van der Waals surface area (Å²) in [4.78, 5) is 61.5. The van der Waals surface area contributed by atoms with Gasteiger partial charge in [0, 0.05) is 18.7 Å². The number of rotatable bonds is 12. The largest absolute Gasteiger partial charge is 0.464 e. The van der Waals surface area contributed by atoms with E-state index in [2.05, 4.69) is 5.32 Å². The fourth-order valence-electron chi connectivity index (χ4n) is 3.61. The van der Waals surface area contributed by atoms with Gasteiger partial charge < -0.3 is 10.1 Å². The molecule has 1 aliphatic rings. The first-order chi connectivity index (χ1) is 17.2. The Morgan fingerprint density at radius 2 is 1.81 bits per heavy atom. The average Bonchev–Trinajstić information content (AvgIpc) is 3.10. The number of carbonyl (C=O) groups excluding carboxylic acids is 4. The molecule has 3 amide bonds. The summed E-state index contributed by atoms with van der Waals surface area (Å²) in [5, 5.41) is 13.4. The van der Waals surface area contributed by atoms with Gasteiger partial charge in [0.1, 0.15) is 6.04 Å². The van der Waals surface area contributed by atoms with Crippen molar-refractivity contribution in [3.8, 4) is 0 Å². The molecule has 1 unspecified atom stereocenters. The summed E-state index contributed by atoms with van der Waals surface area (Å²) in [6.07, 6.45) is 3.03. The van der Waals surface area contributed by atoms with Gasteiger partial charge in [-0.25, -0.2) is 4.79 Å². The third-order valence-corrected chi connectivity index (χ3v) is 6.46. The minimum Gasteiger partial charge on any atom is -0.464 e. The van der Waals surface area contributed by atoms with Gasteiger partial charge in [-0.1, -0.05) is 23.7 Å². The number of thioether (sulfide) groups is 1. The van der Waals surface area contributed by atoms with Crippen LogP contribution in [0, 0.1) is 10.1 Å². The van der Waals surface area contributed by atoms with Crippen molar-refractivity contribution in [3.63, 3.8) is 0 Å². The molecule has 190 valence electrons. The molecule has 0 saturated carbocycles. The van der Waals surface area contributed by atoms with Crippen LogP contribution < -0.4 is 5.32 Å². The highest BCUT2D eigenvalue weighted by atomic mass is 35.5. The van der Waals surface area contributed by atoms with Crippen LogP contribution in [0.2, 0.25) is 5.02 Å². The molecule has 2 aromatic carbocycles. The van der Waals surface area contributed by atoms with E-state index in [4.69, 9.17) is 16.3 Å². The molecule has 36 heavy (non-hydrogen) atoms. The highest BCUT2D eigenvalue weighted by Gasteiger charge is 2.34. The number of nitro benzene ring substituents is 1. The second-order valence-electron chi connectivity index (χ2n) is 7.91.